The third-order valence-electron chi connectivity index (χ3n) is 5.91. The molecule has 44 heavy (non-hydrogen) atoms. The summed E-state index contributed by atoms with van der Waals surface area (Å²) in [5.41, 5.74) is 4.11. The standard InChI is InChI=1S/C30H18O4.4C2H6.CH3.Y/c31-25-17-29(33-27-15-5-4-12-23(25)27)21-11-6-10-20(16-21)22-13-7-14-24-26(32)18-28(34-30(22)24)19-8-2-1-3-9-19;4*1-2;;/h1-18H;4*1-2H3;1H3;/q;;;;;-1;. The molecule has 0 amide bonds. The zero-order chi connectivity index (χ0) is 31.1. The summed E-state index contributed by atoms with van der Waals surface area (Å²) in [5.74, 6) is 0.999. The molecule has 0 spiro atoms. The Morgan fingerprint density at radius 2 is 0.932 bits per heavy atom. The molecule has 4 aromatic carbocycles. The van der Waals surface area contributed by atoms with Gasteiger partial charge in [0.2, 0.25) is 0 Å². The fourth-order valence-electron chi connectivity index (χ4n) is 4.24. The summed E-state index contributed by atoms with van der Waals surface area (Å²) in [4.78, 5) is 25.5. The minimum atomic E-state index is -0.0985. The van der Waals surface area contributed by atoms with Crippen molar-refractivity contribution in [3.8, 4) is 33.8 Å². The molecule has 0 aliphatic heterocycles. The first kappa shape index (κ1) is 40.4. The number of para-hydroxylation sites is 2. The third-order valence-corrected chi connectivity index (χ3v) is 5.91. The quantitative estimate of drug-likeness (QED) is 0.176. The van der Waals surface area contributed by atoms with Gasteiger partial charge in [0.1, 0.15) is 22.7 Å². The normalized spacial score (nSPS) is 9.18. The smallest absolute Gasteiger partial charge is 0.193 e. The van der Waals surface area contributed by atoms with Crippen molar-refractivity contribution < 1.29 is 41.5 Å². The van der Waals surface area contributed by atoms with E-state index in [0.29, 0.717) is 33.5 Å². The van der Waals surface area contributed by atoms with Crippen molar-refractivity contribution >= 4 is 21.9 Å². The topological polar surface area (TPSA) is 60.4 Å². The second-order valence-corrected chi connectivity index (χ2v) is 8.08. The molecule has 0 N–H and O–H groups in total. The Balaban J connectivity index is 0.00000172. The largest absolute Gasteiger partial charge is 0.456 e. The van der Waals surface area contributed by atoms with Crippen molar-refractivity contribution in [1.82, 2.24) is 0 Å². The van der Waals surface area contributed by atoms with Gasteiger partial charge >= 0.3 is 0 Å². The van der Waals surface area contributed by atoms with Crippen molar-refractivity contribution in [2.24, 2.45) is 0 Å². The van der Waals surface area contributed by atoms with Gasteiger partial charge in [-0.1, -0.05) is 128 Å². The Morgan fingerprint density at radius 1 is 0.455 bits per heavy atom. The van der Waals surface area contributed by atoms with Crippen molar-refractivity contribution in [2.75, 3.05) is 0 Å². The molecule has 0 saturated carbocycles. The van der Waals surface area contributed by atoms with Crippen LogP contribution in [0.25, 0.3) is 55.7 Å². The van der Waals surface area contributed by atoms with Crippen LogP contribution in [0.2, 0.25) is 0 Å². The van der Waals surface area contributed by atoms with Crippen LogP contribution in [0.3, 0.4) is 0 Å². The molecule has 0 aliphatic rings. The maximum Gasteiger partial charge on any atom is 0.193 e. The first-order valence-electron chi connectivity index (χ1n) is 14.9. The van der Waals surface area contributed by atoms with Crippen LogP contribution in [0.15, 0.2) is 128 Å². The second kappa shape index (κ2) is 21.2. The van der Waals surface area contributed by atoms with Gasteiger partial charge in [0.15, 0.2) is 10.9 Å². The summed E-state index contributed by atoms with van der Waals surface area (Å²) in [5, 5.41) is 1.06. The fourth-order valence-corrected chi connectivity index (χ4v) is 4.24. The Labute approximate surface area is 288 Å². The Hall–Kier alpha value is -3.60. The first-order chi connectivity index (χ1) is 20.7. The zero-order valence-corrected chi connectivity index (χ0v) is 30.4. The predicted octanol–water partition coefficient (Wildman–Crippen LogP) is 11.5. The van der Waals surface area contributed by atoms with Gasteiger partial charge in [-0.15, -0.1) is 0 Å². The molecule has 0 aliphatic carbocycles. The van der Waals surface area contributed by atoms with E-state index < -0.39 is 0 Å². The summed E-state index contributed by atoms with van der Waals surface area (Å²) in [6.07, 6.45) is 0. The number of rotatable bonds is 3. The van der Waals surface area contributed by atoms with E-state index in [1.165, 1.54) is 12.1 Å². The predicted molar refractivity (Wildman–Crippen MR) is 187 cm³/mol. The van der Waals surface area contributed by atoms with Gasteiger partial charge < -0.3 is 16.3 Å². The van der Waals surface area contributed by atoms with Gasteiger partial charge in [-0.25, -0.2) is 0 Å². The number of fused-ring (bicyclic) bond motifs is 2. The zero-order valence-electron chi connectivity index (χ0n) is 27.6. The van der Waals surface area contributed by atoms with Gasteiger partial charge in [0, 0.05) is 61.5 Å². The van der Waals surface area contributed by atoms with Crippen LogP contribution in [-0.4, -0.2) is 0 Å². The average molecular weight is 667 g/mol. The monoisotopic (exact) mass is 666 g/mol. The van der Waals surface area contributed by atoms with Crippen molar-refractivity contribution in [2.45, 2.75) is 55.4 Å². The van der Waals surface area contributed by atoms with Crippen LogP contribution in [0.5, 0.6) is 0 Å². The summed E-state index contributed by atoms with van der Waals surface area (Å²) >= 11 is 0. The number of hydrogen-bond acceptors (Lipinski definition) is 4. The Morgan fingerprint density at radius 3 is 1.59 bits per heavy atom. The van der Waals surface area contributed by atoms with Crippen LogP contribution < -0.4 is 10.9 Å². The molecule has 0 saturated heterocycles. The van der Waals surface area contributed by atoms with Crippen LogP contribution in [0.1, 0.15) is 55.4 Å². The Bertz CT molecular complexity index is 1800. The minimum Gasteiger partial charge on any atom is -0.456 e. The van der Waals surface area contributed by atoms with Crippen LogP contribution in [0, 0.1) is 7.43 Å². The maximum atomic E-state index is 12.9. The molecule has 1 radical (unpaired) electrons. The molecular formula is C39H45O4Y-. The van der Waals surface area contributed by atoms with Crippen molar-refractivity contribution in [3.05, 3.63) is 137 Å². The number of benzene rings is 4. The van der Waals surface area contributed by atoms with Crippen LogP contribution >= 0.6 is 0 Å². The summed E-state index contributed by atoms with van der Waals surface area (Å²) in [7, 11) is 0. The van der Waals surface area contributed by atoms with E-state index in [2.05, 4.69) is 0 Å². The molecule has 0 bridgehead atoms. The molecule has 229 valence electrons. The van der Waals surface area contributed by atoms with E-state index in [0.717, 1.165) is 22.3 Å². The Kier molecular flexibility index (Phi) is 19.4. The van der Waals surface area contributed by atoms with E-state index in [1.54, 1.807) is 18.2 Å². The molecule has 0 unspecified atom stereocenters. The minimum absolute atomic E-state index is 0. The molecule has 2 aromatic heterocycles. The van der Waals surface area contributed by atoms with E-state index in [4.69, 9.17) is 8.83 Å². The van der Waals surface area contributed by atoms with E-state index >= 15 is 0 Å². The van der Waals surface area contributed by atoms with Crippen molar-refractivity contribution in [3.63, 3.8) is 0 Å². The van der Waals surface area contributed by atoms with Gasteiger partial charge in [-0.2, -0.15) is 0 Å². The molecule has 0 fully saturated rings. The third kappa shape index (κ3) is 9.45. The van der Waals surface area contributed by atoms with Crippen LogP contribution in [-0.2, 0) is 32.7 Å². The molecule has 6 aromatic rings. The maximum absolute atomic E-state index is 12.9. The summed E-state index contributed by atoms with van der Waals surface area (Å²) < 4.78 is 12.3. The second-order valence-electron chi connectivity index (χ2n) is 8.08. The van der Waals surface area contributed by atoms with E-state index in [-0.39, 0.29) is 51.0 Å². The first-order valence-corrected chi connectivity index (χ1v) is 14.9. The van der Waals surface area contributed by atoms with Gasteiger partial charge in [-0.05, 0) is 29.8 Å². The van der Waals surface area contributed by atoms with E-state index in [9.17, 15) is 9.59 Å². The summed E-state index contributed by atoms with van der Waals surface area (Å²) in [6, 6.07) is 33.0. The van der Waals surface area contributed by atoms with Crippen LogP contribution in [0.4, 0.5) is 0 Å². The SMILES string of the molecule is CC.CC.CC.CC.O=c1cc(-c2cccc(-c3cccc4c(=O)cc(-c5ccccc5)oc34)c2)oc2ccccc12.[CH3-].[Y]. The molecule has 4 nitrogen and oxygen atoms in total. The number of hydrogen-bond donors (Lipinski definition) is 0. The molecule has 0 atom stereocenters. The molecule has 5 heteroatoms. The molecule has 2 heterocycles. The molecule has 6 rings (SSSR count). The molecular weight excluding hydrogens is 621 g/mol. The van der Waals surface area contributed by atoms with Gasteiger partial charge in [0.05, 0.1) is 10.8 Å². The van der Waals surface area contributed by atoms with Gasteiger partial charge in [-0.3, -0.25) is 9.59 Å². The van der Waals surface area contributed by atoms with E-state index in [1.807, 2.05) is 134 Å². The van der Waals surface area contributed by atoms with Crippen molar-refractivity contribution in [1.29, 1.82) is 0 Å². The average Bonchev–Trinajstić information content (AvgIpc) is 3.08. The summed E-state index contributed by atoms with van der Waals surface area (Å²) in [6.45, 7) is 16.0. The fraction of sp³-hybridized carbons (Fsp3) is 0.205. The van der Waals surface area contributed by atoms with Gasteiger partial charge in [0.25, 0.3) is 0 Å².